The maximum Gasteiger partial charge on any atom is 0.262 e. The lowest BCUT2D eigenvalue weighted by Gasteiger charge is -2.26. The standard InChI is InChI=1S/C24H22N2O4S/c1-29-21-10-6-5-9-20(21)26-23(28)16-31-24(26)17-11-13-18(14-12-17)25-22(27)15-30-19-7-3-2-4-8-19/h2-14,24H,15-16H2,1H3,(H,25,27). The Kier molecular flexibility index (Phi) is 6.43. The minimum absolute atomic E-state index is 0.0370. The third kappa shape index (κ3) is 4.83. The van der Waals surface area contributed by atoms with E-state index in [1.807, 2.05) is 66.7 Å². The van der Waals surface area contributed by atoms with Crippen LogP contribution in [0.4, 0.5) is 11.4 Å². The number of methoxy groups -OCH3 is 1. The summed E-state index contributed by atoms with van der Waals surface area (Å²) in [5.41, 5.74) is 2.39. The molecule has 0 spiro atoms. The lowest BCUT2D eigenvalue weighted by Crippen LogP contribution is -2.28. The third-order valence-electron chi connectivity index (χ3n) is 4.81. The summed E-state index contributed by atoms with van der Waals surface area (Å²) in [6.07, 6.45) is 0. The van der Waals surface area contributed by atoms with Gasteiger partial charge in [0.2, 0.25) is 5.91 Å². The zero-order valence-corrected chi connectivity index (χ0v) is 17.8. The van der Waals surface area contributed by atoms with Crippen LogP contribution in [0.2, 0.25) is 0 Å². The number of thioether (sulfide) groups is 1. The molecule has 31 heavy (non-hydrogen) atoms. The molecule has 1 saturated heterocycles. The van der Waals surface area contributed by atoms with E-state index in [1.165, 1.54) is 0 Å². The summed E-state index contributed by atoms with van der Waals surface area (Å²) in [6.45, 7) is -0.0691. The van der Waals surface area contributed by atoms with Gasteiger partial charge in [0.1, 0.15) is 16.9 Å². The van der Waals surface area contributed by atoms with Crippen LogP contribution in [0.3, 0.4) is 0 Å². The summed E-state index contributed by atoms with van der Waals surface area (Å²) in [5, 5.41) is 2.67. The first-order valence-electron chi connectivity index (χ1n) is 9.80. The van der Waals surface area contributed by atoms with Gasteiger partial charge in [-0.15, -0.1) is 11.8 Å². The molecule has 1 heterocycles. The molecule has 2 amide bonds. The normalized spacial score (nSPS) is 15.6. The highest BCUT2D eigenvalue weighted by Gasteiger charge is 2.35. The van der Waals surface area contributed by atoms with Crippen LogP contribution >= 0.6 is 11.8 Å². The molecule has 0 saturated carbocycles. The molecular formula is C24H22N2O4S. The Bertz CT molecular complexity index is 1060. The Morgan fingerprint density at radius 3 is 2.48 bits per heavy atom. The molecule has 1 N–H and O–H groups in total. The molecule has 1 fully saturated rings. The van der Waals surface area contributed by atoms with Crippen molar-refractivity contribution < 1.29 is 19.1 Å². The van der Waals surface area contributed by atoms with E-state index in [9.17, 15) is 9.59 Å². The second-order valence-corrected chi connectivity index (χ2v) is 7.94. The van der Waals surface area contributed by atoms with Crippen molar-refractivity contribution in [3.8, 4) is 11.5 Å². The van der Waals surface area contributed by atoms with Crippen molar-refractivity contribution in [1.29, 1.82) is 0 Å². The maximum atomic E-state index is 12.6. The van der Waals surface area contributed by atoms with Crippen LogP contribution in [0, 0.1) is 0 Å². The molecule has 1 atom stereocenters. The van der Waals surface area contributed by atoms with E-state index < -0.39 is 0 Å². The minimum atomic E-state index is -0.238. The predicted molar refractivity (Wildman–Crippen MR) is 123 cm³/mol. The molecule has 1 aliphatic heterocycles. The van der Waals surface area contributed by atoms with Gasteiger partial charge in [0.05, 0.1) is 18.6 Å². The van der Waals surface area contributed by atoms with Gasteiger partial charge in [0.15, 0.2) is 6.61 Å². The second-order valence-electron chi connectivity index (χ2n) is 6.87. The van der Waals surface area contributed by atoms with Crippen molar-refractivity contribution in [2.75, 3.05) is 29.7 Å². The van der Waals surface area contributed by atoms with E-state index in [4.69, 9.17) is 9.47 Å². The number of anilines is 2. The van der Waals surface area contributed by atoms with Gasteiger partial charge >= 0.3 is 0 Å². The Balaban J connectivity index is 1.43. The number of carbonyl (C=O) groups is 2. The van der Waals surface area contributed by atoms with Crippen molar-refractivity contribution in [2.24, 2.45) is 0 Å². The molecule has 3 aromatic carbocycles. The summed E-state index contributed by atoms with van der Waals surface area (Å²) >= 11 is 1.56. The number of ether oxygens (including phenoxy) is 2. The highest BCUT2D eigenvalue weighted by Crippen LogP contribution is 2.44. The molecule has 0 aliphatic carbocycles. The molecule has 158 valence electrons. The monoisotopic (exact) mass is 434 g/mol. The summed E-state index contributed by atoms with van der Waals surface area (Å²) < 4.78 is 10.9. The van der Waals surface area contributed by atoms with Crippen molar-refractivity contribution >= 4 is 35.0 Å². The lowest BCUT2D eigenvalue weighted by atomic mass is 10.1. The quantitative estimate of drug-likeness (QED) is 0.593. The van der Waals surface area contributed by atoms with Crippen LogP contribution in [-0.2, 0) is 9.59 Å². The third-order valence-corrected chi connectivity index (χ3v) is 6.02. The number of carbonyl (C=O) groups excluding carboxylic acids is 2. The smallest absolute Gasteiger partial charge is 0.262 e. The molecule has 0 radical (unpaired) electrons. The van der Waals surface area contributed by atoms with Crippen molar-refractivity contribution in [3.63, 3.8) is 0 Å². The van der Waals surface area contributed by atoms with Crippen LogP contribution in [-0.4, -0.2) is 31.3 Å². The molecular weight excluding hydrogens is 412 g/mol. The van der Waals surface area contributed by atoms with Gasteiger partial charge in [-0.3, -0.25) is 14.5 Å². The topological polar surface area (TPSA) is 67.9 Å². The highest BCUT2D eigenvalue weighted by molar-refractivity contribution is 8.00. The maximum absolute atomic E-state index is 12.6. The Hall–Kier alpha value is -3.45. The zero-order valence-electron chi connectivity index (χ0n) is 17.0. The number of nitrogens with one attached hydrogen (secondary N) is 1. The lowest BCUT2D eigenvalue weighted by molar-refractivity contribution is -0.118. The van der Waals surface area contributed by atoms with Crippen LogP contribution in [0.5, 0.6) is 11.5 Å². The van der Waals surface area contributed by atoms with Gasteiger partial charge in [-0.1, -0.05) is 42.5 Å². The van der Waals surface area contributed by atoms with Crippen LogP contribution in [0.25, 0.3) is 0 Å². The summed E-state index contributed by atoms with van der Waals surface area (Å²) in [4.78, 5) is 26.5. The van der Waals surface area contributed by atoms with Gasteiger partial charge < -0.3 is 14.8 Å². The van der Waals surface area contributed by atoms with Crippen molar-refractivity contribution in [1.82, 2.24) is 0 Å². The summed E-state index contributed by atoms with van der Waals surface area (Å²) in [5.74, 6) is 1.50. The number of para-hydroxylation sites is 3. The number of hydrogen-bond acceptors (Lipinski definition) is 5. The average molecular weight is 435 g/mol. The first-order chi connectivity index (χ1) is 15.2. The van der Waals surface area contributed by atoms with Gasteiger partial charge in [-0.25, -0.2) is 0 Å². The predicted octanol–water partition coefficient (Wildman–Crippen LogP) is 4.49. The second kappa shape index (κ2) is 9.57. The number of amides is 2. The number of rotatable bonds is 7. The van der Waals surface area contributed by atoms with Gasteiger partial charge in [-0.2, -0.15) is 0 Å². The summed E-state index contributed by atoms with van der Waals surface area (Å²) in [6, 6.07) is 24.2. The first-order valence-corrected chi connectivity index (χ1v) is 10.8. The molecule has 1 unspecified atom stereocenters. The van der Waals surface area contributed by atoms with E-state index in [2.05, 4.69) is 5.32 Å². The molecule has 7 heteroatoms. The van der Waals surface area contributed by atoms with E-state index in [-0.39, 0.29) is 23.8 Å². The zero-order chi connectivity index (χ0) is 21.6. The average Bonchev–Trinajstić information content (AvgIpc) is 3.20. The Morgan fingerprint density at radius 1 is 1.03 bits per heavy atom. The van der Waals surface area contributed by atoms with Crippen LogP contribution in [0.15, 0.2) is 78.9 Å². The van der Waals surface area contributed by atoms with Gasteiger partial charge in [-0.05, 0) is 42.0 Å². The first kappa shape index (κ1) is 20.8. The fourth-order valence-corrected chi connectivity index (χ4v) is 4.52. The van der Waals surface area contributed by atoms with Crippen molar-refractivity contribution in [2.45, 2.75) is 5.37 Å². The number of nitrogens with zero attached hydrogens (tertiary/aromatic N) is 1. The Morgan fingerprint density at radius 2 is 1.74 bits per heavy atom. The molecule has 4 rings (SSSR count). The van der Waals surface area contributed by atoms with E-state index in [0.717, 1.165) is 11.3 Å². The van der Waals surface area contributed by atoms with E-state index in [0.29, 0.717) is 22.9 Å². The largest absolute Gasteiger partial charge is 0.495 e. The SMILES string of the molecule is COc1ccccc1N1C(=O)CSC1c1ccc(NC(=O)COc2ccccc2)cc1. The molecule has 0 bridgehead atoms. The fraction of sp³-hybridized carbons (Fsp3) is 0.167. The highest BCUT2D eigenvalue weighted by atomic mass is 32.2. The van der Waals surface area contributed by atoms with Crippen LogP contribution in [0.1, 0.15) is 10.9 Å². The van der Waals surface area contributed by atoms with Gasteiger partial charge in [0.25, 0.3) is 5.91 Å². The fourth-order valence-electron chi connectivity index (χ4n) is 3.35. The minimum Gasteiger partial charge on any atom is -0.495 e. The Labute approximate surface area is 185 Å². The summed E-state index contributed by atoms with van der Waals surface area (Å²) in [7, 11) is 1.60. The molecule has 0 aromatic heterocycles. The van der Waals surface area contributed by atoms with Gasteiger partial charge in [0, 0.05) is 5.69 Å². The van der Waals surface area contributed by atoms with E-state index in [1.54, 1.807) is 35.9 Å². The molecule has 6 nitrogen and oxygen atoms in total. The number of hydrogen-bond donors (Lipinski definition) is 1. The van der Waals surface area contributed by atoms with E-state index >= 15 is 0 Å². The molecule has 1 aliphatic rings. The van der Waals surface area contributed by atoms with Crippen molar-refractivity contribution in [3.05, 3.63) is 84.4 Å². The number of benzene rings is 3. The van der Waals surface area contributed by atoms with Crippen LogP contribution < -0.4 is 19.7 Å². The molecule has 3 aromatic rings.